The second kappa shape index (κ2) is 7.77. The smallest absolute Gasteiger partial charge is 0.0107 e. The fourth-order valence-corrected chi connectivity index (χ4v) is 2.11. The quantitative estimate of drug-likeness (QED) is 0.547. The first kappa shape index (κ1) is 11.5. The van der Waals surface area contributed by atoms with Gasteiger partial charge in [-0.1, -0.05) is 15.9 Å². The second-order valence-corrected chi connectivity index (χ2v) is 4.49. The lowest BCUT2D eigenvalue weighted by Crippen LogP contribution is -2.30. The standard InChI is InChI=1S/C10H21BrN2/c11-5-1-2-6-12-7-10-13-8-3-4-9-13/h12H,1-10H2. The van der Waals surface area contributed by atoms with Gasteiger partial charge in [0.05, 0.1) is 0 Å². The zero-order valence-electron chi connectivity index (χ0n) is 8.40. The molecule has 0 aromatic heterocycles. The zero-order valence-corrected chi connectivity index (χ0v) is 9.98. The number of halogens is 1. The molecule has 0 spiro atoms. The third-order valence-electron chi connectivity index (χ3n) is 2.54. The SMILES string of the molecule is BrCCCCNCCN1CCCC1. The van der Waals surface area contributed by atoms with Crippen LogP contribution in [0.4, 0.5) is 0 Å². The molecule has 1 heterocycles. The third kappa shape index (κ3) is 5.66. The summed E-state index contributed by atoms with van der Waals surface area (Å²) < 4.78 is 0. The van der Waals surface area contributed by atoms with Gasteiger partial charge in [-0.15, -0.1) is 0 Å². The Morgan fingerprint density at radius 2 is 1.85 bits per heavy atom. The Kier molecular flexibility index (Phi) is 6.86. The Labute approximate surface area is 90.2 Å². The molecule has 1 rings (SSSR count). The number of hydrogen-bond acceptors (Lipinski definition) is 2. The van der Waals surface area contributed by atoms with Crippen LogP contribution in [-0.2, 0) is 0 Å². The summed E-state index contributed by atoms with van der Waals surface area (Å²) in [7, 11) is 0. The molecule has 1 saturated heterocycles. The molecule has 0 atom stereocenters. The molecule has 0 unspecified atom stereocenters. The van der Waals surface area contributed by atoms with Crippen LogP contribution in [0, 0.1) is 0 Å². The number of unbranched alkanes of at least 4 members (excludes halogenated alkanes) is 1. The largest absolute Gasteiger partial charge is 0.315 e. The number of alkyl halides is 1. The van der Waals surface area contributed by atoms with E-state index >= 15 is 0 Å². The highest BCUT2D eigenvalue weighted by atomic mass is 79.9. The van der Waals surface area contributed by atoms with Crippen molar-refractivity contribution in [3.05, 3.63) is 0 Å². The van der Waals surface area contributed by atoms with E-state index < -0.39 is 0 Å². The van der Waals surface area contributed by atoms with Gasteiger partial charge in [-0.3, -0.25) is 0 Å². The number of likely N-dealkylation sites (tertiary alicyclic amines) is 1. The van der Waals surface area contributed by atoms with Crippen LogP contribution in [0.3, 0.4) is 0 Å². The lowest BCUT2D eigenvalue weighted by molar-refractivity contribution is 0.336. The molecule has 0 amide bonds. The van der Waals surface area contributed by atoms with Gasteiger partial charge in [0.25, 0.3) is 0 Å². The highest BCUT2D eigenvalue weighted by Gasteiger charge is 2.09. The molecule has 2 nitrogen and oxygen atoms in total. The molecule has 1 aliphatic heterocycles. The van der Waals surface area contributed by atoms with E-state index in [-0.39, 0.29) is 0 Å². The predicted octanol–water partition coefficient (Wildman–Crippen LogP) is 1.85. The van der Waals surface area contributed by atoms with Crippen molar-refractivity contribution in [3.63, 3.8) is 0 Å². The fraction of sp³-hybridized carbons (Fsp3) is 1.00. The van der Waals surface area contributed by atoms with Gasteiger partial charge in [0.1, 0.15) is 0 Å². The van der Waals surface area contributed by atoms with Crippen molar-refractivity contribution in [3.8, 4) is 0 Å². The maximum Gasteiger partial charge on any atom is 0.0107 e. The highest BCUT2D eigenvalue weighted by molar-refractivity contribution is 9.09. The Balaban J connectivity index is 1.78. The predicted molar refractivity (Wildman–Crippen MR) is 61.6 cm³/mol. The van der Waals surface area contributed by atoms with E-state index in [0.717, 1.165) is 5.33 Å². The van der Waals surface area contributed by atoms with Crippen LogP contribution in [0.25, 0.3) is 0 Å². The first-order chi connectivity index (χ1) is 6.43. The van der Waals surface area contributed by atoms with E-state index in [1.165, 1.54) is 58.4 Å². The van der Waals surface area contributed by atoms with Gasteiger partial charge in [0.2, 0.25) is 0 Å². The van der Waals surface area contributed by atoms with Gasteiger partial charge in [-0.25, -0.2) is 0 Å². The Bertz CT molecular complexity index is 113. The van der Waals surface area contributed by atoms with Crippen molar-refractivity contribution >= 4 is 15.9 Å². The minimum atomic E-state index is 1.14. The van der Waals surface area contributed by atoms with Crippen LogP contribution in [0.1, 0.15) is 25.7 Å². The van der Waals surface area contributed by atoms with Crippen molar-refractivity contribution in [2.45, 2.75) is 25.7 Å². The summed E-state index contributed by atoms with van der Waals surface area (Å²) in [6, 6.07) is 0. The number of nitrogens with one attached hydrogen (secondary N) is 1. The van der Waals surface area contributed by atoms with Gasteiger partial charge in [0, 0.05) is 18.4 Å². The maximum atomic E-state index is 3.48. The van der Waals surface area contributed by atoms with E-state index in [1.54, 1.807) is 0 Å². The van der Waals surface area contributed by atoms with Crippen molar-refractivity contribution in [1.29, 1.82) is 0 Å². The van der Waals surface area contributed by atoms with Crippen molar-refractivity contribution in [2.24, 2.45) is 0 Å². The minimum absolute atomic E-state index is 1.14. The summed E-state index contributed by atoms with van der Waals surface area (Å²) in [5.74, 6) is 0. The molecular weight excluding hydrogens is 228 g/mol. The second-order valence-electron chi connectivity index (χ2n) is 3.69. The molecule has 0 aromatic carbocycles. The summed E-state index contributed by atoms with van der Waals surface area (Å²) in [6.07, 6.45) is 5.40. The van der Waals surface area contributed by atoms with Crippen LogP contribution in [0.5, 0.6) is 0 Å². The first-order valence-corrected chi connectivity index (χ1v) is 6.54. The Hall–Kier alpha value is 0.400. The number of rotatable bonds is 7. The van der Waals surface area contributed by atoms with Crippen molar-refractivity contribution < 1.29 is 0 Å². The average Bonchev–Trinajstić information content (AvgIpc) is 2.63. The lowest BCUT2D eigenvalue weighted by Gasteiger charge is -2.14. The van der Waals surface area contributed by atoms with E-state index in [0.29, 0.717) is 0 Å². The van der Waals surface area contributed by atoms with Gasteiger partial charge < -0.3 is 10.2 Å². The minimum Gasteiger partial charge on any atom is -0.315 e. The summed E-state index contributed by atoms with van der Waals surface area (Å²) in [5, 5.41) is 4.62. The van der Waals surface area contributed by atoms with Crippen molar-refractivity contribution in [1.82, 2.24) is 10.2 Å². The monoisotopic (exact) mass is 248 g/mol. The van der Waals surface area contributed by atoms with Crippen molar-refractivity contribution in [2.75, 3.05) is 38.1 Å². The lowest BCUT2D eigenvalue weighted by atomic mass is 10.3. The average molecular weight is 249 g/mol. The Morgan fingerprint density at radius 3 is 2.54 bits per heavy atom. The number of nitrogens with zero attached hydrogens (tertiary/aromatic N) is 1. The van der Waals surface area contributed by atoms with Gasteiger partial charge in [0.15, 0.2) is 0 Å². The molecule has 1 fully saturated rings. The summed E-state index contributed by atoms with van der Waals surface area (Å²) >= 11 is 3.44. The maximum absolute atomic E-state index is 3.48. The third-order valence-corrected chi connectivity index (χ3v) is 3.10. The molecule has 0 aliphatic carbocycles. The van der Waals surface area contributed by atoms with E-state index in [1.807, 2.05) is 0 Å². The van der Waals surface area contributed by atoms with Gasteiger partial charge in [-0.2, -0.15) is 0 Å². The van der Waals surface area contributed by atoms with E-state index in [9.17, 15) is 0 Å². The number of hydrogen-bond donors (Lipinski definition) is 1. The van der Waals surface area contributed by atoms with Crippen LogP contribution in [0.2, 0.25) is 0 Å². The molecule has 0 saturated carbocycles. The molecule has 0 radical (unpaired) electrons. The topological polar surface area (TPSA) is 15.3 Å². The van der Waals surface area contributed by atoms with Gasteiger partial charge in [-0.05, 0) is 45.3 Å². The van der Waals surface area contributed by atoms with Crippen LogP contribution in [0.15, 0.2) is 0 Å². The molecule has 3 heteroatoms. The van der Waals surface area contributed by atoms with Crippen LogP contribution in [-0.4, -0.2) is 43.0 Å². The first-order valence-electron chi connectivity index (χ1n) is 5.42. The van der Waals surface area contributed by atoms with E-state index in [4.69, 9.17) is 0 Å². The normalized spacial score (nSPS) is 18.2. The van der Waals surface area contributed by atoms with Gasteiger partial charge >= 0.3 is 0 Å². The molecule has 0 aromatic rings. The molecule has 78 valence electrons. The zero-order chi connectivity index (χ0) is 9.36. The molecule has 1 aliphatic rings. The fourth-order valence-electron chi connectivity index (χ4n) is 1.71. The molecular formula is C10H21BrN2. The summed E-state index contributed by atoms with van der Waals surface area (Å²) in [4.78, 5) is 2.55. The molecule has 13 heavy (non-hydrogen) atoms. The van der Waals surface area contributed by atoms with Crippen LogP contribution < -0.4 is 5.32 Å². The van der Waals surface area contributed by atoms with E-state index in [2.05, 4.69) is 26.1 Å². The molecule has 1 N–H and O–H groups in total. The Morgan fingerprint density at radius 1 is 1.08 bits per heavy atom. The molecule has 0 bridgehead atoms. The summed E-state index contributed by atoms with van der Waals surface area (Å²) in [6.45, 7) is 6.24. The summed E-state index contributed by atoms with van der Waals surface area (Å²) in [5.41, 5.74) is 0. The highest BCUT2D eigenvalue weighted by Crippen LogP contribution is 2.05. The van der Waals surface area contributed by atoms with Crippen LogP contribution >= 0.6 is 15.9 Å².